The van der Waals surface area contributed by atoms with E-state index in [1.807, 2.05) is 5.57 Å². The Balaban J connectivity index is 1.49. The first-order chi connectivity index (χ1) is 13.3. The predicted octanol–water partition coefficient (Wildman–Crippen LogP) is 8.66. The van der Waals surface area contributed by atoms with Crippen LogP contribution < -0.4 is 0 Å². The molecular weight excluding hydrogens is 336 g/mol. The van der Waals surface area contributed by atoms with E-state index in [4.69, 9.17) is 0 Å². The van der Waals surface area contributed by atoms with Crippen molar-refractivity contribution in [3.63, 3.8) is 0 Å². The zero-order valence-electron chi connectivity index (χ0n) is 19.9. The standard InChI is InChI=1S/C28H48/c1-19(2)8-7-9-21(4)24-12-13-25-23-11-10-22-18-20(3)14-16-27(22,5)26(23)15-17-28(24,25)6/h10,19-21,23-26H,7-9,11-18H2,1-6H3/t20-,21+,23?,24+,25-,26-,27-,28+/m0/s1. The Morgan fingerprint density at radius 3 is 2.50 bits per heavy atom. The van der Waals surface area contributed by atoms with Gasteiger partial charge in [0.1, 0.15) is 0 Å². The molecule has 4 aliphatic carbocycles. The molecule has 4 rings (SSSR count). The van der Waals surface area contributed by atoms with E-state index < -0.39 is 0 Å². The van der Waals surface area contributed by atoms with Crippen molar-refractivity contribution in [1.29, 1.82) is 0 Å². The number of hydrogen-bond acceptors (Lipinski definition) is 0. The zero-order valence-corrected chi connectivity index (χ0v) is 19.9. The van der Waals surface area contributed by atoms with Crippen LogP contribution >= 0.6 is 0 Å². The third-order valence-electron chi connectivity index (χ3n) is 10.6. The molecule has 0 nitrogen and oxygen atoms in total. The molecule has 3 fully saturated rings. The van der Waals surface area contributed by atoms with Crippen LogP contribution in [0.25, 0.3) is 0 Å². The molecule has 0 saturated heterocycles. The molecule has 3 saturated carbocycles. The third kappa shape index (κ3) is 3.43. The largest absolute Gasteiger partial charge is 0.0845 e. The van der Waals surface area contributed by atoms with E-state index >= 15 is 0 Å². The molecule has 8 atom stereocenters. The quantitative estimate of drug-likeness (QED) is 0.416. The minimum Gasteiger partial charge on any atom is -0.0845 e. The van der Waals surface area contributed by atoms with Crippen molar-refractivity contribution in [3.05, 3.63) is 11.6 Å². The Morgan fingerprint density at radius 2 is 1.75 bits per heavy atom. The Bertz CT molecular complexity index is 585. The lowest BCUT2D eigenvalue weighted by Gasteiger charge is -2.58. The number of rotatable bonds is 5. The smallest absolute Gasteiger partial charge is 0.00851 e. The molecule has 0 heteroatoms. The van der Waals surface area contributed by atoms with Crippen LogP contribution in [0.1, 0.15) is 112 Å². The van der Waals surface area contributed by atoms with Crippen molar-refractivity contribution in [2.45, 2.75) is 112 Å². The van der Waals surface area contributed by atoms with Gasteiger partial charge in [0.2, 0.25) is 0 Å². The topological polar surface area (TPSA) is 0 Å². The normalized spacial score (nSPS) is 46.5. The summed E-state index contributed by atoms with van der Waals surface area (Å²) in [5.41, 5.74) is 3.06. The van der Waals surface area contributed by atoms with Crippen LogP contribution in [-0.2, 0) is 0 Å². The minimum absolute atomic E-state index is 0.553. The summed E-state index contributed by atoms with van der Waals surface area (Å²) in [6, 6.07) is 0. The van der Waals surface area contributed by atoms with E-state index in [-0.39, 0.29) is 0 Å². The van der Waals surface area contributed by atoms with Crippen LogP contribution in [0.2, 0.25) is 0 Å². The number of fused-ring (bicyclic) bond motifs is 5. The Labute approximate surface area is 176 Å². The molecule has 1 unspecified atom stereocenters. The lowest BCUT2D eigenvalue weighted by molar-refractivity contribution is -0.0523. The number of allylic oxidation sites excluding steroid dienone is 2. The van der Waals surface area contributed by atoms with E-state index in [1.54, 1.807) is 0 Å². The molecule has 160 valence electrons. The van der Waals surface area contributed by atoms with Crippen molar-refractivity contribution in [2.24, 2.45) is 52.3 Å². The third-order valence-corrected chi connectivity index (χ3v) is 10.6. The number of hydrogen-bond donors (Lipinski definition) is 0. The first-order valence-electron chi connectivity index (χ1n) is 12.9. The van der Waals surface area contributed by atoms with Crippen molar-refractivity contribution in [3.8, 4) is 0 Å². The summed E-state index contributed by atoms with van der Waals surface area (Å²) >= 11 is 0. The van der Waals surface area contributed by atoms with Crippen LogP contribution in [0.3, 0.4) is 0 Å². The van der Waals surface area contributed by atoms with Gasteiger partial charge in [-0.05, 0) is 104 Å². The van der Waals surface area contributed by atoms with E-state index in [2.05, 4.69) is 47.6 Å². The summed E-state index contributed by atoms with van der Waals surface area (Å²) in [5.74, 6) is 6.73. The second-order valence-corrected chi connectivity index (χ2v) is 12.6. The lowest BCUT2D eigenvalue weighted by atomic mass is 9.46. The second kappa shape index (κ2) is 7.77. The lowest BCUT2D eigenvalue weighted by Crippen LogP contribution is -2.50. The Hall–Kier alpha value is -0.260. The van der Waals surface area contributed by atoms with Gasteiger partial charge in [-0.15, -0.1) is 0 Å². The van der Waals surface area contributed by atoms with E-state index in [0.29, 0.717) is 10.8 Å². The van der Waals surface area contributed by atoms with Gasteiger partial charge in [0.25, 0.3) is 0 Å². The van der Waals surface area contributed by atoms with Crippen molar-refractivity contribution in [2.75, 3.05) is 0 Å². The molecule has 0 bridgehead atoms. The van der Waals surface area contributed by atoms with Crippen molar-refractivity contribution in [1.82, 2.24) is 0 Å². The minimum atomic E-state index is 0.553. The summed E-state index contributed by atoms with van der Waals surface area (Å²) in [5, 5.41) is 0. The van der Waals surface area contributed by atoms with E-state index in [1.165, 1.54) is 70.6 Å². The SMILES string of the molecule is CC(C)CCC[C@@H](C)[C@H]1CC[C@H]2C3CC=C4C[C@@H](C)CC[C@]4(C)[C@H]3CC[C@]12C. The average molecular weight is 385 g/mol. The van der Waals surface area contributed by atoms with Crippen LogP contribution in [0.5, 0.6) is 0 Å². The van der Waals surface area contributed by atoms with Crippen molar-refractivity contribution >= 4 is 0 Å². The van der Waals surface area contributed by atoms with E-state index in [0.717, 1.165) is 41.4 Å². The molecule has 0 N–H and O–H groups in total. The molecule has 0 aromatic heterocycles. The summed E-state index contributed by atoms with van der Waals surface area (Å²) in [6.45, 7) is 15.3. The molecule has 0 amide bonds. The Kier molecular flexibility index (Phi) is 5.83. The van der Waals surface area contributed by atoms with Gasteiger partial charge in [-0.3, -0.25) is 0 Å². The fourth-order valence-electron chi connectivity index (χ4n) is 8.87. The molecule has 0 heterocycles. The van der Waals surface area contributed by atoms with Crippen LogP contribution in [0.15, 0.2) is 11.6 Å². The van der Waals surface area contributed by atoms with Gasteiger partial charge in [-0.2, -0.15) is 0 Å². The summed E-state index contributed by atoms with van der Waals surface area (Å²) in [7, 11) is 0. The average Bonchev–Trinajstić information content (AvgIpc) is 2.99. The van der Waals surface area contributed by atoms with Gasteiger partial charge < -0.3 is 0 Å². The summed E-state index contributed by atoms with van der Waals surface area (Å²) < 4.78 is 0. The van der Waals surface area contributed by atoms with Gasteiger partial charge in [0.15, 0.2) is 0 Å². The maximum absolute atomic E-state index is 2.75. The second-order valence-electron chi connectivity index (χ2n) is 12.6. The van der Waals surface area contributed by atoms with E-state index in [9.17, 15) is 0 Å². The van der Waals surface area contributed by atoms with Gasteiger partial charge in [0, 0.05) is 0 Å². The van der Waals surface area contributed by atoms with Crippen LogP contribution in [0, 0.1) is 52.3 Å². The Morgan fingerprint density at radius 1 is 0.964 bits per heavy atom. The molecule has 28 heavy (non-hydrogen) atoms. The highest BCUT2D eigenvalue weighted by atomic mass is 14.6. The molecule has 0 radical (unpaired) electrons. The highest BCUT2D eigenvalue weighted by Gasteiger charge is 2.58. The summed E-state index contributed by atoms with van der Waals surface area (Å²) in [6.07, 6.45) is 19.0. The van der Waals surface area contributed by atoms with Gasteiger partial charge in [0.05, 0.1) is 0 Å². The highest BCUT2D eigenvalue weighted by Crippen LogP contribution is 2.67. The van der Waals surface area contributed by atoms with Gasteiger partial charge in [-0.25, -0.2) is 0 Å². The molecule has 0 spiro atoms. The molecule has 0 aliphatic heterocycles. The monoisotopic (exact) mass is 384 g/mol. The van der Waals surface area contributed by atoms with Crippen LogP contribution in [0.4, 0.5) is 0 Å². The molecule has 4 aliphatic rings. The van der Waals surface area contributed by atoms with Gasteiger partial charge in [-0.1, -0.05) is 72.5 Å². The first kappa shape index (κ1) is 21.0. The van der Waals surface area contributed by atoms with Crippen LogP contribution in [-0.4, -0.2) is 0 Å². The fourth-order valence-corrected chi connectivity index (χ4v) is 8.87. The molecular formula is C28H48. The highest BCUT2D eigenvalue weighted by molar-refractivity contribution is 5.25. The van der Waals surface area contributed by atoms with Crippen molar-refractivity contribution < 1.29 is 0 Å². The molecule has 0 aromatic rings. The fraction of sp³-hybridized carbons (Fsp3) is 0.929. The summed E-state index contributed by atoms with van der Waals surface area (Å²) in [4.78, 5) is 0. The maximum Gasteiger partial charge on any atom is -0.00851 e. The predicted molar refractivity (Wildman–Crippen MR) is 122 cm³/mol. The first-order valence-corrected chi connectivity index (χ1v) is 12.9. The molecule has 0 aromatic carbocycles. The zero-order chi connectivity index (χ0) is 20.1. The maximum atomic E-state index is 2.75. The van der Waals surface area contributed by atoms with Gasteiger partial charge >= 0.3 is 0 Å².